The second-order valence-corrected chi connectivity index (χ2v) is 6.55. The standard InChI is InChI=1S/C22H27N2O2/c1-4-6-15-26-18-13-11-17(12-14-18)21(25)16-24-20-10-8-7-9-19(20)23(3)22(24)5-2/h7-14H,4-6,15-16H2,1-3H3/q+1. The summed E-state index contributed by atoms with van der Waals surface area (Å²) in [5.41, 5.74) is 2.96. The van der Waals surface area contributed by atoms with Crippen molar-refractivity contribution in [3.05, 3.63) is 59.9 Å². The quantitative estimate of drug-likeness (QED) is 0.348. The van der Waals surface area contributed by atoms with Crippen LogP contribution in [0.15, 0.2) is 48.5 Å². The summed E-state index contributed by atoms with van der Waals surface area (Å²) >= 11 is 0. The van der Waals surface area contributed by atoms with E-state index in [-0.39, 0.29) is 5.78 Å². The predicted molar refractivity (Wildman–Crippen MR) is 104 cm³/mol. The molecule has 0 aliphatic rings. The van der Waals surface area contributed by atoms with E-state index in [1.807, 2.05) is 36.4 Å². The molecule has 0 atom stereocenters. The molecule has 0 saturated heterocycles. The number of fused-ring (bicyclic) bond motifs is 1. The fourth-order valence-electron chi connectivity index (χ4n) is 3.35. The Labute approximate surface area is 155 Å². The highest BCUT2D eigenvalue weighted by molar-refractivity contribution is 5.96. The van der Waals surface area contributed by atoms with Crippen LogP contribution in [0.4, 0.5) is 0 Å². The second-order valence-electron chi connectivity index (χ2n) is 6.55. The van der Waals surface area contributed by atoms with Gasteiger partial charge in [0.25, 0.3) is 5.82 Å². The van der Waals surface area contributed by atoms with E-state index >= 15 is 0 Å². The minimum Gasteiger partial charge on any atom is -0.494 e. The number of carbonyl (C=O) groups excluding carboxylic acids is 1. The molecule has 1 aromatic heterocycles. The molecule has 4 nitrogen and oxygen atoms in total. The summed E-state index contributed by atoms with van der Waals surface area (Å²) in [6.07, 6.45) is 3.03. The minimum absolute atomic E-state index is 0.112. The van der Waals surface area contributed by atoms with Gasteiger partial charge in [0.05, 0.1) is 13.7 Å². The minimum atomic E-state index is 0.112. The van der Waals surface area contributed by atoms with Crippen LogP contribution in [-0.4, -0.2) is 17.0 Å². The third-order valence-corrected chi connectivity index (χ3v) is 4.79. The van der Waals surface area contributed by atoms with E-state index in [0.717, 1.165) is 54.0 Å². The van der Waals surface area contributed by atoms with Crippen LogP contribution in [0.2, 0.25) is 0 Å². The van der Waals surface area contributed by atoms with E-state index in [1.165, 1.54) is 0 Å². The van der Waals surface area contributed by atoms with Gasteiger partial charge in [-0.15, -0.1) is 0 Å². The number of hydrogen-bond acceptors (Lipinski definition) is 2. The summed E-state index contributed by atoms with van der Waals surface area (Å²) in [5, 5.41) is 0. The Morgan fingerprint density at radius 1 is 1.08 bits per heavy atom. The van der Waals surface area contributed by atoms with E-state index in [0.29, 0.717) is 6.54 Å². The molecule has 3 aromatic rings. The van der Waals surface area contributed by atoms with Gasteiger partial charge in [-0.2, -0.15) is 0 Å². The number of carbonyl (C=O) groups is 1. The van der Waals surface area contributed by atoms with Crippen LogP contribution in [-0.2, 0) is 20.0 Å². The first-order chi connectivity index (χ1) is 12.7. The van der Waals surface area contributed by atoms with E-state index in [1.54, 1.807) is 0 Å². The van der Waals surface area contributed by atoms with E-state index < -0.39 is 0 Å². The highest BCUT2D eigenvalue weighted by Crippen LogP contribution is 2.17. The summed E-state index contributed by atoms with van der Waals surface area (Å²) in [6, 6.07) is 15.7. The lowest BCUT2D eigenvalue weighted by atomic mass is 10.1. The molecule has 136 valence electrons. The van der Waals surface area contributed by atoms with E-state index in [2.05, 4.69) is 42.2 Å². The number of aromatic nitrogens is 2. The predicted octanol–water partition coefficient (Wildman–Crippen LogP) is 4.09. The molecule has 3 rings (SSSR count). The maximum Gasteiger partial charge on any atom is 0.257 e. The molecule has 2 aromatic carbocycles. The summed E-state index contributed by atoms with van der Waals surface area (Å²) in [4.78, 5) is 12.8. The number of aryl methyl sites for hydroxylation is 1. The highest BCUT2D eigenvalue weighted by atomic mass is 16.5. The molecule has 0 fully saturated rings. The Morgan fingerprint density at radius 2 is 1.81 bits per heavy atom. The van der Waals surface area contributed by atoms with Gasteiger partial charge < -0.3 is 4.74 Å². The van der Waals surface area contributed by atoms with Crippen LogP contribution in [0.25, 0.3) is 11.0 Å². The topological polar surface area (TPSA) is 35.1 Å². The highest BCUT2D eigenvalue weighted by Gasteiger charge is 2.23. The molecule has 0 unspecified atom stereocenters. The molecule has 26 heavy (non-hydrogen) atoms. The van der Waals surface area contributed by atoms with Crippen LogP contribution in [0.1, 0.15) is 42.9 Å². The van der Waals surface area contributed by atoms with Crippen LogP contribution in [0.5, 0.6) is 5.75 Å². The zero-order chi connectivity index (χ0) is 18.5. The van der Waals surface area contributed by atoms with Gasteiger partial charge in [-0.3, -0.25) is 4.79 Å². The molecule has 0 bridgehead atoms. The number of benzene rings is 2. The van der Waals surface area contributed by atoms with Gasteiger partial charge in [0.2, 0.25) is 5.78 Å². The van der Waals surface area contributed by atoms with Crippen molar-refractivity contribution in [1.82, 2.24) is 4.57 Å². The first-order valence-corrected chi connectivity index (χ1v) is 9.37. The van der Waals surface area contributed by atoms with E-state index in [9.17, 15) is 4.79 Å². The fourth-order valence-corrected chi connectivity index (χ4v) is 3.35. The molecule has 0 spiro atoms. The molecule has 0 amide bonds. The van der Waals surface area contributed by atoms with Gasteiger partial charge in [0, 0.05) is 12.0 Å². The maximum absolute atomic E-state index is 12.8. The Kier molecular flexibility index (Phi) is 5.71. The molecule has 1 heterocycles. The number of para-hydroxylation sites is 2. The van der Waals surface area contributed by atoms with Crippen molar-refractivity contribution < 1.29 is 14.1 Å². The van der Waals surface area contributed by atoms with Crippen LogP contribution in [0, 0.1) is 0 Å². The number of nitrogens with zero attached hydrogens (tertiary/aromatic N) is 2. The molecular weight excluding hydrogens is 324 g/mol. The lowest BCUT2D eigenvalue weighted by Gasteiger charge is -2.06. The number of imidazole rings is 1. The Bertz CT molecular complexity index is 894. The zero-order valence-electron chi connectivity index (χ0n) is 15.9. The zero-order valence-corrected chi connectivity index (χ0v) is 15.9. The normalized spacial score (nSPS) is 11.0. The number of rotatable bonds is 8. The van der Waals surface area contributed by atoms with Gasteiger partial charge >= 0.3 is 0 Å². The van der Waals surface area contributed by atoms with Gasteiger partial charge in [0.15, 0.2) is 17.6 Å². The number of ether oxygens (including phenoxy) is 1. The van der Waals surface area contributed by atoms with Crippen LogP contribution >= 0.6 is 0 Å². The third kappa shape index (κ3) is 3.64. The van der Waals surface area contributed by atoms with Crippen LogP contribution in [0.3, 0.4) is 0 Å². The van der Waals surface area contributed by atoms with Crippen molar-refractivity contribution in [2.75, 3.05) is 6.61 Å². The molecule has 4 heteroatoms. The average Bonchev–Trinajstić information content (AvgIpc) is 2.94. The fraction of sp³-hybridized carbons (Fsp3) is 0.364. The van der Waals surface area contributed by atoms with Crippen molar-refractivity contribution in [1.29, 1.82) is 0 Å². The molecule has 0 radical (unpaired) electrons. The SMILES string of the molecule is CCCCOc1ccc(C(=O)Cn2c(CC)[n+](C)c3ccccc32)cc1. The monoisotopic (exact) mass is 351 g/mol. The van der Waals surface area contributed by atoms with Crippen molar-refractivity contribution in [2.24, 2.45) is 7.05 Å². The summed E-state index contributed by atoms with van der Waals surface area (Å²) in [7, 11) is 2.06. The first kappa shape index (κ1) is 18.2. The number of unbranched alkanes of at least 4 members (excludes halogenated alkanes) is 1. The molecule has 0 N–H and O–H groups in total. The Balaban J connectivity index is 1.81. The maximum atomic E-state index is 12.8. The largest absolute Gasteiger partial charge is 0.494 e. The Morgan fingerprint density at radius 3 is 2.50 bits per heavy atom. The average molecular weight is 351 g/mol. The summed E-state index contributed by atoms with van der Waals surface area (Å²) in [5.74, 6) is 2.09. The summed E-state index contributed by atoms with van der Waals surface area (Å²) < 4.78 is 9.98. The first-order valence-electron chi connectivity index (χ1n) is 9.37. The molecule has 0 aliphatic heterocycles. The molecular formula is C22H27N2O2+. The summed E-state index contributed by atoms with van der Waals surface area (Å²) in [6.45, 7) is 5.33. The van der Waals surface area contributed by atoms with E-state index in [4.69, 9.17) is 4.74 Å². The van der Waals surface area contributed by atoms with Crippen LogP contribution < -0.4 is 9.30 Å². The van der Waals surface area contributed by atoms with Crippen molar-refractivity contribution >= 4 is 16.8 Å². The van der Waals surface area contributed by atoms with Crippen molar-refractivity contribution in [2.45, 2.75) is 39.7 Å². The number of ketones is 1. The van der Waals surface area contributed by atoms with Gasteiger partial charge in [-0.25, -0.2) is 9.13 Å². The second kappa shape index (κ2) is 8.17. The lowest BCUT2D eigenvalue weighted by molar-refractivity contribution is -0.653. The Hall–Kier alpha value is -2.62. The van der Waals surface area contributed by atoms with Crippen molar-refractivity contribution in [3.8, 4) is 5.75 Å². The van der Waals surface area contributed by atoms with Gasteiger partial charge in [0.1, 0.15) is 5.75 Å². The number of hydrogen-bond donors (Lipinski definition) is 0. The molecule has 0 saturated carbocycles. The smallest absolute Gasteiger partial charge is 0.257 e. The third-order valence-electron chi connectivity index (χ3n) is 4.79. The van der Waals surface area contributed by atoms with Gasteiger partial charge in [-0.1, -0.05) is 32.4 Å². The van der Waals surface area contributed by atoms with Gasteiger partial charge in [-0.05, 0) is 42.8 Å². The lowest BCUT2D eigenvalue weighted by Crippen LogP contribution is -2.33. The number of Topliss-reactive ketones (excluding diaryl/α,β-unsaturated/α-hetero) is 1. The van der Waals surface area contributed by atoms with Crippen molar-refractivity contribution in [3.63, 3.8) is 0 Å². The molecule has 0 aliphatic carbocycles.